The van der Waals surface area contributed by atoms with E-state index in [1.54, 1.807) is 11.8 Å². The SMILES string of the molecule is CNS(=O)(=O)c1cc(C(=O)N2CCC(NCC3CC3)CC2)c(C)o1.Cl. The molecule has 1 saturated carbocycles. The first-order chi connectivity index (χ1) is 11.4. The number of nitrogens with one attached hydrogen (secondary N) is 2. The number of hydrogen-bond donors (Lipinski definition) is 2. The molecule has 2 aliphatic rings. The van der Waals surface area contributed by atoms with Crippen molar-refractivity contribution in [3.8, 4) is 0 Å². The molecule has 1 aliphatic heterocycles. The molecule has 1 saturated heterocycles. The van der Waals surface area contributed by atoms with Crippen LogP contribution in [-0.2, 0) is 10.0 Å². The van der Waals surface area contributed by atoms with Crippen LogP contribution in [0.5, 0.6) is 0 Å². The molecule has 1 aromatic rings. The number of likely N-dealkylation sites (tertiary alicyclic amines) is 1. The van der Waals surface area contributed by atoms with Gasteiger partial charge in [0.15, 0.2) is 0 Å². The molecule has 1 aromatic heterocycles. The highest BCUT2D eigenvalue weighted by Crippen LogP contribution is 2.28. The molecule has 7 nitrogen and oxygen atoms in total. The van der Waals surface area contributed by atoms with Crippen LogP contribution in [0.1, 0.15) is 41.8 Å². The van der Waals surface area contributed by atoms with Crippen LogP contribution in [0.4, 0.5) is 0 Å². The second-order valence-corrected chi connectivity index (χ2v) is 8.48. The number of nitrogens with zero attached hydrogens (tertiary/aromatic N) is 1. The lowest BCUT2D eigenvalue weighted by molar-refractivity contribution is 0.0703. The highest BCUT2D eigenvalue weighted by molar-refractivity contribution is 7.89. The number of rotatable bonds is 6. The molecule has 0 bridgehead atoms. The van der Waals surface area contributed by atoms with E-state index in [2.05, 4.69) is 10.0 Å². The van der Waals surface area contributed by atoms with E-state index in [-0.39, 0.29) is 23.4 Å². The summed E-state index contributed by atoms with van der Waals surface area (Å²) in [4.78, 5) is 14.4. The molecule has 0 radical (unpaired) electrons. The summed E-state index contributed by atoms with van der Waals surface area (Å²) in [6.07, 6.45) is 4.53. The average Bonchev–Trinajstić information content (AvgIpc) is 3.33. The predicted octanol–water partition coefficient (Wildman–Crippen LogP) is 1.52. The molecule has 25 heavy (non-hydrogen) atoms. The average molecular weight is 392 g/mol. The van der Waals surface area contributed by atoms with Crippen LogP contribution in [0.2, 0.25) is 0 Å². The van der Waals surface area contributed by atoms with Crippen molar-refractivity contribution in [2.24, 2.45) is 5.92 Å². The van der Waals surface area contributed by atoms with Crippen molar-refractivity contribution in [3.63, 3.8) is 0 Å². The van der Waals surface area contributed by atoms with Crippen molar-refractivity contribution in [1.29, 1.82) is 0 Å². The van der Waals surface area contributed by atoms with Gasteiger partial charge in [0.2, 0.25) is 5.09 Å². The van der Waals surface area contributed by atoms with E-state index in [1.165, 1.54) is 26.0 Å². The molecule has 2 N–H and O–H groups in total. The number of halogens is 1. The van der Waals surface area contributed by atoms with Gasteiger partial charge in [0.05, 0.1) is 5.56 Å². The lowest BCUT2D eigenvalue weighted by Crippen LogP contribution is -2.45. The first kappa shape index (κ1) is 20.2. The third-order valence-electron chi connectivity index (χ3n) is 4.83. The van der Waals surface area contributed by atoms with Gasteiger partial charge in [0.1, 0.15) is 5.76 Å². The fraction of sp³-hybridized carbons (Fsp3) is 0.688. The summed E-state index contributed by atoms with van der Waals surface area (Å²) in [7, 11) is -2.37. The summed E-state index contributed by atoms with van der Waals surface area (Å²) >= 11 is 0. The van der Waals surface area contributed by atoms with Crippen molar-refractivity contribution in [2.45, 2.75) is 43.7 Å². The van der Waals surface area contributed by atoms with E-state index in [0.717, 1.165) is 25.3 Å². The molecule has 3 rings (SSSR count). The minimum atomic E-state index is -3.68. The monoisotopic (exact) mass is 391 g/mol. The minimum absolute atomic E-state index is 0. The number of carbonyl (C=O) groups is 1. The summed E-state index contributed by atoms with van der Waals surface area (Å²) in [6.45, 7) is 4.07. The van der Waals surface area contributed by atoms with Crippen LogP contribution in [0.3, 0.4) is 0 Å². The topological polar surface area (TPSA) is 91.7 Å². The molecule has 2 fully saturated rings. The van der Waals surface area contributed by atoms with Crippen molar-refractivity contribution < 1.29 is 17.6 Å². The highest BCUT2D eigenvalue weighted by atomic mass is 35.5. The summed E-state index contributed by atoms with van der Waals surface area (Å²) in [6, 6.07) is 1.79. The van der Waals surface area contributed by atoms with Gasteiger partial charge in [0, 0.05) is 25.2 Å². The second kappa shape index (κ2) is 8.07. The maximum Gasteiger partial charge on any atom is 0.273 e. The Morgan fingerprint density at radius 2 is 1.92 bits per heavy atom. The van der Waals surface area contributed by atoms with Crippen LogP contribution in [0, 0.1) is 12.8 Å². The first-order valence-corrected chi connectivity index (χ1v) is 9.95. The van der Waals surface area contributed by atoms with E-state index < -0.39 is 10.0 Å². The van der Waals surface area contributed by atoms with Gasteiger partial charge >= 0.3 is 0 Å². The Bertz CT molecular complexity index is 707. The first-order valence-electron chi connectivity index (χ1n) is 8.47. The Kier molecular flexibility index (Phi) is 6.53. The van der Waals surface area contributed by atoms with Crippen LogP contribution in [0.15, 0.2) is 15.6 Å². The second-order valence-electron chi connectivity index (χ2n) is 6.66. The van der Waals surface area contributed by atoms with Gasteiger partial charge < -0.3 is 14.6 Å². The lowest BCUT2D eigenvalue weighted by atomic mass is 10.0. The van der Waals surface area contributed by atoms with Crippen LogP contribution < -0.4 is 10.0 Å². The molecular formula is C16H26ClN3O4S. The molecule has 0 aromatic carbocycles. The zero-order chi connectivity index (χ0) is 17.3. The fourth-order valence-corrected chi connectivity index (χ4v) is 3.72. The quantitative estimate of drug-likeness (QED) is 0.767. The molecule has 1 aliphatic carbocycles. The van der Waals surface area contributed by atoms with Gasteiger partial charge in [-0.1, -0.05) is 0 Å². The van der Waals surface area contributed by atoms with Crippen molar-refractivity contribution in [2.75, 3.05) is 26.7 Å². The van der Waals surface area contributed by atoms with Gasteiger partial charge in [0.25, 0.3) is 15.9 Å². The normalized spacial score (nSPS) is 18.9. The summed E-state index contributed by atoms with van der Waals surface area (Å²) in [5.74, 6) is 1.03. The zero-order valence-electron chi connectivity index (χ0n) is 14.6. The largest absolute Gasteiger partial charge is 0.448 e. The summed E-state index contributed by atoms with van der Waals surface area (Å²) in [5, 5.41) is 3.37. The van der Waals surface area contributed by atoms with Gasteiger partial charge in [-0.25, -0.2) is 13.1 Å². The van der Waals surface area contributed by atoms with Crippen LogP contribution >= 0.6 is 12.4 Å². The predicted molar refractivity (Wildman–Crippen MR) is 96.6 cm³/mol. The fourth-order valence-electron chi connectivity index (χ4n) is 3.01. The summed E-state index contributed by atoms with van der Waals surface area (Å²) < 4.78 is 31.1. The van der Waals surface area contributed by atoms with E-state index >= 15 is 0 Å². The number of aryl methyl sites for hydroxylation is 1. The van der Waals surface area contributed by atoms with E-state index in [0.29, 0.717) is 30.5 Å². The van der Waals surface area contributed by atoms with Crippen molar-refractivity contribution >= 4 is 28.3 Å². The molecule has 0 unspecified atom stereocenters. The Morgan fingerprint density at radius 1 is 1.28 bits per heavy atom. The number of furan rings is 1. The lowest BCUT2D eigenvalue weighted by Gasteiger charge is -2.32. The number of hydrogen-bond acceptors (Lipinski definition) is 5. The molecule has 1 amide bonds. The zero-order valence-corrected chi connectivity index (χ0v) is 16.2. The summed E-state index contributed by atoms with van der Waals surface area (Å²) in [5.41, 5.74) is 0.327. The number of carbonyl (C=O) groups excluding carboxylic acids is 1. The van der Waals surface area contributed by atoms with Gasteiger partial charge in [-0.15, -0.1) is 12.4 Å². The van der Waals surface area contributed by atoms with Crippen LogP contribution in [-0.4, -0.2) is 51.9 Å². The van der Waals surface area contributed by atoms with E-state index in [9.17, 15) is 13.2 Å². The minimum Gasteiger partial charge on any atom is -0.448 e. The van der Waals surface area contributed by atoms with Crippen LogP contribution in [0.25, 0.3) is 0 Å². The van der Waals surface area contributed by atoms with E-state index in [4.69, 9.17) is 4.42 Å². The van der Waals surface area contributed by atoms with E-state index in [1.807, 2.05) is 0 Å². The Balaban J connectivity index is 0.00000225. The standard InChI is InChI=1S/C16H25N3O4S.ClH/c1-11-14(9-15(23-11)24(21,22)17-2)16(20)19-7-5-13(6-8-19)18-10-12-3-4-12;/h9,12-13,17-18H,3-8,10H2,1-2H3;1H. The number of amides is 1. The van der Waals surface area contributed by atoms with Crippen molar-refractivity contribution in [3.05, 3.63) is 17.4 Å². The molecule has 0 atom stereocenters. The Hall–Kier alpha value is -1.09. The smallest absolute Gasteiger partial charge is 0.273 e. The third kappa shape index (κ3) is 4.75. The maximum absolute atomic E-state index is 12.7. The van der Waals surface area contributed by atoms with Gasteiger partial charge in [-0.2, -0.15) is 0 Å². The number of sulfonamides is 1. The van der Waals surface area contributed by atoms with Gasteiger partial charge in [-0.05, 0) is 52.1 Å². The molecule has 2 heterocycles. The van der Waals surface area contributed by atoms with Crippen molar-refractivity contribution in [1.82, 2.24) is 14.9 Å². The molecule has 142 valence electrons. The molecule has 0 spiro atoms. The highest BCUT2D eigenvalue weighted by Gasteiger charge is 2.29. The Morgan fingerprint density at radius 3 is 2.48 bits per heavy atom. The molecular weight excluding hydrogens is 366 g/mol. The van der Waals surface area contributed by atoms with Gasteiger partial charge in [-0.3, -0.25) is 4.79 Å². The molecule has 9 heteroatoms. The maximum atomic E-state index is 12.7. The number of piperidine rings is 1. The third-order valence-corrected chi connectivity index (χ3v) is 6.10. The Labute approximate surface area is 155 Å².